The molecule has 1 heterocycles. The van der Waals surface area contributed by atoms with Crippen LogP contribution in [0.5, 0.6) is 0 Å². The van der Waals surface area contributed by atoms with Gasteiger partial charge in [-0.1, -0.05) is 12.1 Å². The lowest BCUT2D eigenvalue weighted by Crippen LogP contribution is -2.23. The summed E-state index contributed by atoms with van der Waals surface area (Å²) in [5.74, 6) is -0.455. The number of aryl methyl sites for hydroxylation is 2. The number of carbonyl (C=O) groups is 1. The monoisotopic (exact) mass is 307 g/mol. The highest BCUT2D eigenvalue weighted by atomic mass is 32.1. The van der Waals surface area contributed by atoms with E-state index in [0.29, 0.717) is 23.4 Å². The van der Waals surface area contributed by atoms with Crippen molar-refractivity contribution in [1.29, 1.82) is 0 Å². The van der Waals surface area contributed by atoms with Crippen LogP contribution >= 0.6 is 11.3 Å². The molecule has 0 saturated carbocycles. The zero-order chi connectivity index (χ0) is 15.6. The van der Waals surface area contributed by atoms with Crippen molar-refractivity contribution in [2.45, 2.75) is 33.4 Å². The Hall–Kier alpha value is -1.79. The number of nitrogens with one attached hydrogen (secondary N) is 1. The molecule has 2 aromatic rings. The van der Waals surface area contributed by atoms with E-state index in [0.717, 1.165) is 10.6 Å². The molecule has 112 valence electrons. The molecule has 0 aliphatic carbocycles. The van der Waals surface area contributed by atoms with E-state index in [9.17, 15) is 9.18 Å². The van der Waals surface area contributed by atoms with Crippen molar-refractivity contribution in [3.8, 4) is 0 Å². The molecule has 1 amide bonds. The Kier molecular flexibility index (Phi) is 4.69. The van der Waals surface area contributed by atoms with Crippen LogP contribution in [0.2, 0.25) is 0 Å². The topological polar surface area (TPSA) is 68.0 Å². The van der Waals surface area contributed by atoms with Crippen LogP contribution in [0.3, 0.4) is 0 Å². The van der Waals surface area contributed by atoms with Gasteiger partial charge in [0.05, 0.1) is 6.04 Å². The standard InChI is InChI=1S/C15H18FN3OS/c1-8-4-11(5-9(2)13(8)16)6-18-14(20)12-7-21-15(19-12)10(3)17/h4-5,7,10H,6,17H2,1-3H3,(H,18,20). The van der Waals surface area contributed by atoms with E-state index in [1.54, 1.807) is 31.4 Å². The first-order valence-corrected chi connectivity index (χ1v) is 7.51. The highest BCUT2D eigenvalue weighted by Gasteiger charge is 2.13. The van der Waals surface area contributed by atoms with Crippen LogP contribution in [0.4, 0.5) is 4.39 Å². The fraction of sp³-hybridized carbons (Fsp3) is 0.333. The van der Waals surface area contributed by atoms with E-state index < -0.39 is 0 Å². The minimum atomic E-state index is -0.252. The second kappa shape index (κ2) is 6.32. The molecular formula is C15H18FN3OS. The first-order valence-electron chi connectivity index (χ1n) is 6.63. The molecule has 0 bridgehead atoms. The zero-order valence-corrected chi connectivity index (χ0v) is 13.1. The molecule has 4 nitrogen and oxygen atoms in total. The molecule has 0 radical (unpaired) electrons. The van der Waals surface area contributed by atoms with Gasteiger partial charge in [0, 0.05) is 11.9 Å². The lowest BCUT2D eigenvalue weighted by Gasteiger charge is -2.08. The van der Waals surface area contributed by atoms with Gasteiger partial charge in [0.1, 0.15) is 16.5 Å². The van der Waals surface area contributed by atoms with Gasteiger partial charge in [0.2, 0.25) is 0 Å². The lowest BCUT2D eigenvalue weighted by molar-refractivity contribution is 0.0946. The van der Waals surface area contributed by atoms with Gasteiger partial charge >= 0.3 is 0 Å². The van der Waals surface area contributed by atoms with Crippen molar-refractivity contribution in [1.82, 2.24) is 10.3 Å². The highest BCUT2D eigenvalue weighted by molar-refractivity contribution is 7.09. The average molecular weight is 307 g/mol. The van der Waals surface area contributed by atoms with Crippen LogP contribution in [-0.2, 0) is 6.54 Å². The second-order valence-electron chi connectivity index (χ2n) is 5.09. The molecule has 3 N–H and O–H groups in total. The van der Waals surface area contributed by atoms with Gasteiger partial charge in [-0.25, -0.2) is 9.37 Å². The van der Waals surface area contributed by atoms with Gasteiger partial charge < -0.3 is 11.1 Å². The molecule has 0 aliphatic rings. The third kappa shape index (κ3) is 3.65. The van der Waals surface area contributed by atoms with Gasteiger partial charge in [-0.05, 0) is 37.5 Å². The lowest BCUT2D eigenvalue weighted by atomic mass is 10.1. The Labute approximate surface area is 127 Å². The molecule has 0 saturated heterocycles. The number of rotatable bonds is 4. The van der Waals surface area contributed by atoms with Crippen molar-refractivity contribution >= 4 is 17.2 Å². The maximum absolute atomic E-state index is 13.5. The van der Waals surface area contributed by atoms with Crippen LogP contribution < -0.4 is 11.1 Å². The number of thiazole rings is 1. The smallest absolute Gasteiger partial charge is 0.271 e. The average Bonchev–Trinajstić information content (AvgIpc) is 2.92. The fourth-order valence-corrected chi connectivity index (χ4v) is 2.77. The Morgan fingerprint density at radius 1 is 1.43 bits per heavy atom. The number of carbonyl (C=O) groups excluding carboxylic acids is 1. The third-order valence-electron chi connectivity index (χ3n) is 3.09. The Morgan fingerprint density at radius 2 is 2.05 bits per heavy atom. The second-order valence-corrected chi connectivity index (χ2v) is 5.98. The molecule has 0 aliphatic heterocycles. The van der Waals surface area contributed by atoms with Crippen LogP contribution in [0.1, 0.15) is 45.2 Å². The summed E-state index contributed by atoms with van der Waals surface area (Å²) >= 11 is 1.37. The maximum Gasteiger partial charge on any atom is 0.271 e. The van der Waals surface area contributed by atoms with Crippen LogP contribution in [0.15, 0.2) is 17.5 Å². The van der Waals surface area contributed by atoms with Gasteiger partial charge in [-0.15, -0.1) is 11.3 Å². The third-order valence-corrected chi connectivity index (χ3v) is 4.14. The van der Waals surface area contributed by atoms with E-state index in [-0.39, 0.29) is 17.8 Å². The molecule has 0 spiro atoms. The fourth-order valence-electron chi connectivity index (χ4n) is 2.01. The number of amides is 1. The Morgan fingerprint density at radius 3 is 2.57 bits per heavy atom. The van der Waals surface area contributed by atoms with E-state index in [1.165, 1.54) is 11.3 Å². The van der Waals surface area contributed by atoms with Gasteiger partial charge in [0.25, 0.3) is 5.91 Å². The van der Waals surface area contributed by atoms with Crippen LogP contribution in [0.25, 0.3) is 0 Å². The van der Waals surface area contributed by atoms with Gasteiger partial charge in [0.15, 0.2) is 0 Å². The molecule has 6 heteroatoms. The Balaban J connectivity index is 2.03. The van der Waals surface area contributed by atoms with E-state index in [4.69, 9.17) is 5.73 Å². The molecule has 2 rings (SSSR count). The number of nitrogens with zero attached hydrogens (tertiary/aromatic N) is 1. The molecule has 1 atom stereocenters. The van der Waals surface area contributed by atoms with Crippen LogP contribution in [0, 0.1) is 19.7 Å². The quantitative estimate of drug-likeness (QED) is 0.912. The predicted octanol–water partition coefficient (Wildman–Crippen LogP) is 2.85. The SMILES string of the molecule is Cc1cc(CNC(=O)c2csc(C(C)N)n2)cc(C)c1F. The molecule has 1 aromatic carbocycles. The highest BCUT2D eigenvalue weighted by Crippen LogP contribution is 2.17. The molecule has 1 unspecified atom stereocenters. The summed E-state index contributed by atoms with van der Waals surface area (Å²) in [6.45, 7) is 5.59. The molecule has 21 heavy (non-hydrogen) atoms. The van der Waals surface area contributed by atoms with Gasteiger partial charge in [-0.2, -0.15) is 0 Å². The summed E-state index contributed by atoms with van der Waals surface area (Å²) in [4.78, 5) is 16.2. The van der Waals surface area contributed by atoms with E-state index in [2.05, 4.69) is 10.3 Å². The summed E-state index contributed by atoms with van der Waals surface area (Å²) in [7, 11) is 0. The number of hydrogen-bond donors (Lipinski definition) is 2. The summed E-state index contributed by atoms with van der Waals surface area (Å²) in [5, 5.41) is 5.20. The minimum Gasteiger partial charge on any atom is -0.347 e. The minimum absolute atomic E-state index is 0.182. The number of benzene rings is 1. The van der Waals surface area contributed by atoms with Crippen molar-refractivity contribution < 1.29 is 9.18 Å². The summed E-state index contributed by atoms with van der Waals surface area (Å²) in [6, 6.07) is 3.28. The Bertz CT molecular complexity index is 644. The maximum atomic E-state index is 13.5. The predicted molar refractivity (Wildman–Crippen MR) is 81.8 cm³/mol. The van der Waals surface area contributed by atoms with Crippen LogP contribution in [-0.4, -0.2) is 10.9 Å². The van der Waals surface area contributed by atoms with E-state index in [1.807, 2.05) is 6.92 Å². The zero-order valence-electron chi connectivity index (χ0n) is 12.2. The van der Waals surface area contributed by atoms with Gasteiger partial charge in [-0.3, -0.25) is 4.79 Å². The first kappa shape index (κ1) is 15.6. The molecule has 0 fully saturated rings. The number of aromatic nitrogens is 1. The summed E-state index contributed by atoms with van der Waals surface area (Å²) in [5.41, 5.74) is 8.10. The van der Waals surface area contributed by atoms with Crippen molar-refractivity contribution in [3.05, 3.63) is 50.7 Å². The number of nitrogens with two attached hydrogens (primary N) is 1. The number of halogens is 1. The normalized spacial score (nSPS) is 12.2. The van der Waals surface area contributed by atoms with E-state index >= 15 is 0 Å². The molecule has 1 aromatic heterocycles. The van der Waals surface area contributed by atoms with Crippen molar-refractivity contribution in [3.63, 3.8) is 0 Å². The summed E-state index contributed by atoms with van der Waals surface area (Å²) in [6.07, 6.45) is 0. The first-order chi connectivity index (χ1) is 9.88. The van der Waals surface area contributed by atoms with Crippen molar-refractivity contribution in [2.75, 3.05) is 0 Å². The van der Waals surface area contributed by atoms with Crippen molar-refractivity contribution in [2.24, 2.45) is 5.73 Å². The number of hydrogen-bond acceptors (Lipinski definition) is 4. The largest absolute Gasteiger partial charge is 0.347 e. The molecular weight excluding hydrogens is 289 g/mol. The summed E-state index contributed by atoms with van der Waals surface area (Å²) < 4.78 is 13.5.